The van der Waals surface area contributed by atoms with Gasteiger partial charge in [0.25, 0.3) is 0 Å². The average molecular weight is 278 g/mol. The third kappa shape index (κ3) is 3.20. The number of benzene rings is 2. The zero-order chi connectivity index (χ0) is 13.8. The van der Waals surface area contributed by atoms with Gasteiger partial charge in [-0.2, -0.15) is 0 Å². The number of hydrogen-bond acceptors (Lipinski definition) is 4. The lowest BCUT2D eigenvalue weighted by molar-refractivity contribution is 0.409. The maximum absolute atomic E-state index is 8.99. The molecule has 0 radical (unpaired) electrons. The van der Waals surface area contributed by atoms with Crippen molar-refractivity contribution in [3.63, 3.8) is 0 Å². The number of halogens is 1. The Hall–Kier alpha value is -1.69. The Labute approximate surface area is 116 Å². The summed E-state index contributed by atoms with van der Waals surface area (Å²) in [6, 6.07) is 11.6. The number of methoxy groups -OCH3 is 1. The Morgan fingerprint density at radius 2 is 1.63 bits per heavy atom. The minimum atomic E-state index is -1.49. The zero-order valence-corrected chi connectivity index (χ0v) is 11.0. The van der Waals surface area contributed by atoms with Gasteiger partial charge in [0.15, 0.2) is 0 Å². The molecular formula is C13H12BClO4. The van der Waals surface area contributed by atoms with Gasteiger partial charge in [-0.1, -0.05) is 29.8 Å². The zero-order valence-electron chi connectivity index (χ0n) is 10.2. The van der Waals surface area contributed by atoms with Gasteiger partial charge in [0, 0.05) is 0 Å². The van der Waals surface area contributed by atoms with Crippen molar-refractivity contribution in [2.45, 2.75) is 0 Å². The molecule has 0 bridgehead atoms. The highest BCUT2D eigenvalue weighted by atomic mass is 35.5. The first-order valence-electron chi connectivity index (χ1n) is 5.58. The molecule has 0 aromatic heterocycles. The van der Waals surface area contributed by atoms with Gasteiger partial charge < -0.3 is 19.5 Å². The minimum Gasteiger partial charge on any atom is -0.495 e. The molecule has 0 atom stereocenters. The molecule has 0 aliphatic rings. The Bertz CT molecular complexity index is 557. The molecule has 0 saturated carbocycles. The van der Waals surface area contributed by atoms with Crippen molar-refractivity contribution in [3.8, 4) is 17.2 Å². The lowest BCUT2D eigenvalue weighted by atomic mass is 9.80. The standard InChI is InChI=1S/C13H12BClO4/c1-18-11-3-2-4-12(13(11)15)19-10-7-5-9(6-8-10)14(16)17/h2-8,16-17H,1H3. The highest BCUT2D eigenvalue weighted by Gasteiger charge is 2.11. The van der Waals surface area contributed by atoms with Gasteiger partial charge in [0.05, 0.1) is 7.11 Å². The first kappa shape index (κ1) is 13.7. The van der Waals surface area contributed by atoms with E-state index in [0.717, 1.165) is 0 Å². The predicted molar refractivity (Wildman–Crippen MR) is 74.3 cm³/mol. The van der Waals surface area contributed by atoms with E-state index in [9.17, 15) is 0 Å². The quantitative estimate of drug-likeness (QED) is 0.838. The first-order valence-corrected chi connectivity index (χ1v) is 5.96. The van der Waals surface area contributed by atoms with E-state index in [1.54, 1.807) is 42.5 Å². The molecule has 4 nitrogen and oxygen atoms in total. The van der Waals surface area contributed by atoms with E-state index in [-0.39, 0.29) is 0 Å². The van der Waals surface area contributed by atoms with Gasteiger partial charge in [-0.3, -0.25) is 0 Å². The Balaban J connectivity index is 2.21. The molecule has 98 valence electrons. The van der Waals surface area contributed by atoms with Crippen LogP contribution in [0.2, 0.25) is 5.02 Å². The summed E-state index contributed by atoms with van der Waals surface area (Å²) in [5.41, 5.74) is 0.393. The van der Waals surface area contributed by atoms with Gasteiger partial charge in [0.1, 0.15) is 22.3 Å². The van der Waals surface area contributed by atoms with Gasteiger partial charge in [-0.05, 0) is 29.7 Å². The third-order valence-electron chi connectivity index (χ3n) is 2.55. The summed E-state index contributed by atoms with van der Waals surface area (Å²) in [6.07, 6.45) is 0. The van der Waals surface area contributed by atoms with Crippen LogP contribution < -0.4 is 14.9 Å². The summed E-state index contributed by atoms with van der Waals surface area (Å²) in [6.45, 7) is 0. The van der Waals surface area contributed by atoms with Crippen LogP contribution in [0.3, 0.4) is 0 Å². The second-order valence-electron chi connectivity index (χ2n) is 3.82. The van der Waals surface area contributed by atoms with E-state index in [1.165, 1.54) is 7.11 Å². The molecule has 0 unspecified atom stereocenters. The fourth-order valence-electron chi connectivity index (χ4n) is 1.56. The largest absolute Gasteiger partial charge is 0.495 e. The summed E-state index contributed by atoms with van der Waals surface area (Å²) < 4.78 is 10.7. The number of hydrogen-bond donors (Lipinski definition) is 2. The van der Waals surface area contributed by atoms with Crippen molar-refractivity contribution in [1.29, 1.82) is 0 Å². The van der Waals surface area contributed by atoms with Crippen LogP contribution in [0.15, 0.2) is 42.5 Å². The molecule has 0 amide bonds. The number of ether oxygens (including phenoxy) is 2. The van der Waals surface area contributed by atoms with Crippen molar-refractivity contribution >= 4 is 24.2 Å². The number of rotatable bonds is 4. The molecule has 0 spiro atoms. The summed E-state index contributed by atoms with van der Waals surface area (Å²) in [5, 5.41) is 18.4. The van der Waals surface area contributed by atoms with E-state index < -0.39 is 7.12 Å². The summed E-state index contributed by atoms with van der Waals surface area (Å²) >= 11 is 6.11. The summed E-state index contributed by atoms with van der Waals surface area (Å²) in [5.74, 6) is 1.54. The molecule has 0 saturated heterocycles. The average Bonchev–Trinajstić information content (AvgIpc) is 2.42. The summed E-state index contributed by atoms with van der Waals surface area (Å²) in [7, 11) is 0.0389. The highest BCUT2D eigenvalue weighted by molar-refractivity contribution is 6.58. The van der Waals surface area contributed by atoms with E-state index in [2.05, 4.69) is 0 Å². The van der Waals surface area contributed by atoms with Crippen molar-refractivity contribution in [2.24, 2.45) is 0 Å². The Morgan fingerprint density at radius 3 is 2.21 bits per heavy atom. The van der Waals surface area contributed by atoms with Crippen molar-refractivity contribution in [2.75, 3.05) is 7.11 Å². The van der Waals surface area contributed by atoms with E-state index >= 15 is 0 Å². The van der Waals surface area contributed by atoms with Gasteiger partial charge in [-0.15, -0.1) is 0 Å². The fourth-order valence-corrected chi connectivity index (χ4v) is 1.80. The van der Waals surface area contributed by atoms with Crippen LogP contribution in [0, 0.1) is 0 Å². The molecule has 19 heavy (non-hydrogen) atoms. The highest BCUT2D eigenvalue weighted by Crippen LogP contribution is 2.35. The molecule has 2 aromatic rings. The Morgan fingerprint density at radius 1 is 1.00 bits per heavy atom. The molecule has 2 aromatic carbocycles. The third-order valence-corrected chi connectivity index (χ3v) is 2.93. The molecule has 2 rings (SSSR count). The van der Waals surface area contributed by atoms with Crippen molar-refractivity contribution in [3.05, 3.63) is 47.5 Å². The molecular weight excluding hydrogens is 266 g/mol. The van der Waals surface area contributed by atoms with Crippen molar-refractivity contribution in [1.82, 2.24) is 0 Å². The van der Waals surface area contributed by atoms with Crippen molar-refractivity contribution < 1.29 is 19.5 Å². The lowest BCUT2D eigenvalue weighted by Crippen LogP contribution is -2.29. The normalized spacial score (nSPS) is 10.1. The molecule has 2 N–H and O–H groups in total. The molecule has 0 aliphatic carbocycles. The van der Waals surface area contributed by atoms with Crippen LogP contribution >= 0.6 is 11.6 Å². The second kappa shape index (κ2) is 5.97. The minimum absolute atomic E-state index is 0.385. The molecule has 0 fully saturated rings. The van der Waals surface area contributed by atoms with Crippen LogP contribution in [0.1, 0.15) is 0 Å². The molecule has 0 heterocycles. The maximum atomic E-state index is 8.99. The molecule has 0 aliphatic heterocycles. The Kier molecular flexibility index (Phi) is 4.32. The first-order chi connectivity index (χ1) is 9.11. The van der Waals surface area contributed by atoms with Crippen LogP contribution in [-0.4, -0.2) is 24.3 Å². The topological polar surface area (TPSA) is 58.9 Å². The predicted octanol–water partition coefficient (Wildman–Crippen LogP) is 1.82. The van der Waals surface area contributed by atoms with Crippen LogP contribution in [0.25, 0.3) is 0 Å². The second-order valence-corrected chi connectivity index (χ2v) is 4.20. The monoisotopic (exact) mass is 278 g/mol. The lowest BCUT2D eigenvalue weighted by Gasteiger charge is -2.10. The van der Waals surface area contributed by atoms with Gasteiger partial charge in [-0.25, -0.2) is 0 Å². The van der Waals surface area contributed by atoms with Crippen LogP contribution in [-0.2, 0) is 0 Å². The van der Waals surface area contributed by atoms with Crippen LogP contribution in [0.4, 0.5) is 0 Å². The maximum Gasteiger partial charge on any atom is 0.488 e. The van der Waals surface area contributed by atoms with E-state index in [0.29, 0.717) is 27.7 Å². The van der Waals surface area contributed by atoms with Gasteiger partial charge >= 0.3 is 7.12 Å². The SMILES string of the molecule is COc1cccc(Oc2ccc(B(O)O)cc2)c1Cl. The van der Waals surface area contributed by atoms with Gasteiger partial charge in [0.2, 0.25) is 0 Å². The van der Waals surface area contributed by atoms with E-state index in [1.807, 2.05) is 0 Å². The van der Waals surface area contributed by atoms with Crippen LogP contribution in [0.5, 0.6) is 17.2 Å². The summed E-state index contributed by atoms with van der Waals surface area (Å²) in [4.78, 5) is 0. The molecule has 6 heteroatoms. The fraction of sp³-hybridized carbons (Fsp3) is 0.0769. The smallest absolute Gasteiger partial charge is 0.488 e. The van der Waals surface area contributed by atoms with E-state index in [4.69, 9.17) is 31.1 Å².